The normalized spacial score (nSPS) is 26.3. The van der Waals surface area contributed by atoms with Crippen LogP contribution in [0, 0.1) is 6.92 Å². The molecule has 2 aromatic heterocycles. The number of rotatable bonds is 1. The topological polar surface area (TPSA) is 45.4 Å². The fraction of sp³-hybridized carbons (Fsp3) is 0.538. The first-order valence-electron chi connectivity index (χ1n) is 6.63. The predicted octanol–water partition coefficient (Wildman–Crippen LogP) is 2.19. The largest absolute Gasteiger partial charge is 0.422 e. The van der Waals surface area contributed by atoms with Crippen molar-refractivity contribution in [1.82, 2.24) is 14.9 Å². The lowest BCUT2D eigenvalue weighted by Gasteiger charge is -2.32. The molecule has 2 fully saturated rings. The number of halogens is 1. The summed E-state index contributed by atoms with van der Waals surface area (Å²) in [6.07, 6.45) is 1.20. The summed E-state index contributed by atoms with van der Waals surface area (Å²) in [6.45, 7) is 6.40. The Labute approximate surface area is 119 Å². The average molecular weight is 323 g/mol. The van der Waals surface area contributed by atoms with Crippen molar-refractivity contribution < 1.29 is 4.42 Å². The highest BCUT2D eigenvalue weighted by atomic mass is 79.9. The van der Waals surface area contributed by atoms with Gasteiger partial charge in [0.05, 0.1) is 5.69 Å². The van der Waals surface area contributed by atoms with Gasteiger partial charge in [-0.05, 0) is 29.3 Å². The van der Waals surface area contributed by atoms with E-state index >= 15 is 0 Å². The zero-order valence-corrected chi connectivity index (χ0v) is 12.4. The lowest BCUT2D eigenvalue weighted by Crippen LogP contribution is -2.46. The average Bonchev–Trinajstić information content (AvgIpc) is 2.95. The molecule has 0 saturated carbocycles. The molecule has 4 rings (SSSR count). The number of aryl methyl sites for hydroxylation is 1. The zero-order valence-electron chi connectivity index (χ0n) is 10.8. The van der Waals surface area contributed by atoms with Crippen LogP contribution in [0.5, 0.6) is 0 Å². The van der Waals surface area contributed by atoms with Gasteiger partial charge >= 0.3 is 0 Å². The Hall–Kier alpha value is -1.14. The van der Waals surface area contributed by atoms with Crippen LogP contribution in [-0.4, -0.2) is 47.1 Å². The van der Waals surface area contributed by atoms with E-state index in [9.17, 15) is 0 Å². The highest BCUT2D eigenvalue weighted by Gasteiger charge is 2.34. The minimum atomic E-state index is 0.548. The van der Waals surface area contributed by atoms with Crippen LogP contribution < -0.4 is 4.90 Å². The van der Waals surface area contributed by atoms with Crippen LogP contribution in [0.15, 0.2) is 15.0 Å². The number of hydrogen-bond donors (Lipinski definition) is 0. The minimum Gasteiger partial charge on any atom is -0.422 e. The SMILES string of the molecule is Cc1nc2nc(N3CCN4CCC3C4)oc2cc1Br. The van der Waals surface area contributed by atoms with E-state index in [-0.39, 0.29) is 0 Å². The Morgan fingerprint density at radius 3 is 3.11 bits per heavy atom. The molecule has 0 aromatic carbocycles. The van der Waals surface area contributed by atoms with Crippen molar-refractivity contribution in [2.24, 2.45) is 0 Å². The molecule has 2 bridgehead atoms. The van der Waals surface area contributed by atoms with E-state index in [2.05, 4.69) is 35.7 Å². The zero-order chi connectivity index (χ0) is 13.0. The summed E-state index contributed by atoms with van der Waals surface area (Å²) in [5.74, 6) is 0. The Morgan fingerprint density at radius 1 is 1.32 bits per heavy atom. The molecule has 2 aliphatic heterocycles. The summed E-state index contributed by atoms with van der Waals surface area (Å²) in [6, 6.07) is 3.23. The molecule has 0 aliphatic carbocycles. The molecule has 2 unspecified atom stereocenters. The van der Waals surface area contributed by atoms with Crippen LogP contribution in [0.3, 0.4) is 0 Å². The van der Waals surface area contributed by atoms with Gasteiger partial charge in [-0.2, -0.15) is 4.98 Å². The number of pyridine rings is 1. The maximum absolute atomic E-state index is 5.90. The predicted molar refractivity (Wildman–Crippen MR) is 76.4 cm³/mol. The van der Waals surface area contributed by atoms with Gasteiger partial charge in [0.2, 0.25) is 5.65 Å². The summed E-state index contributed by atoms with van der Waals surface area (Å²) >= 11 is 3.48. The molecule has 0 N–H and O–H groups in total. The van der Waals surface area contributed by atoms with Gasteiger partial charge in [-0.25, -0.2) is 4.98 Å². The monoisotopic (exact) mass is 322 g/mol. The van der Waals surface area contributed by atoms with Crippen LogP contribution >= 0.6 is 15.9 Å². The van der Waals surface area contributed by atoms with E-state index in [0.29, 0.717) is 11.7 Å². The summed E-state index contributed by atoms with van der Waals surface area (Å²) in [4.78, 5) is 13.8. The molecule has 2 saturated heterocycles. The van der Waals surface area contributed by atoms with Crippen molar-refractivity contribution in [2.75, 3.05) is 31.1 Å². The second kappa shape index (κ2) is 4.18. The number of oxazole rings is 1. The third-order valence-corrected chi connectivity index (χ3v) is 4.89. The van der Waals surface area contributed by atoms with Gasteiger partial charge in [-0.15, -0.1) is 0 Å². The fourth-order valence-electron chi connectivity index (χ4n) is 2.99. The number of aromatic nitrogens is 2. The minimum absolute atomic E-state index is 0.548. The van der Waals surface area contributed by atoms with Gasteiger partial charge in [0.1, 0.15) is 0 Å². The van der Waals surface area contributed by atoms with E-state index in [1.165, 1.54) is 13.0 Å². The van der Waals surface area contributed by atoms with Crippen LogP contribution in [0.25, 0.3) is 11.2 Å². The Morgan fingerprint density at radius 2 is 2.21 bits per heavy atom. The van der Waals surface area contributed by atoms with Gasteiger partial charge < -0.3 is 9.32 Å². The molecule has 0 amide bonds. The Kier molecular flexibility index (Phi) is 2.57. The highest BCUT2D eigenvalue weighted by Crippen LogP contribution is 2.30. The molecule has 100 valence electrons. The second-order valence-electron chi connectivity index (χ2n) is 5.31. The molecule has 19 heavy (non-hydrogen) atoms. The van der Waals surface area contributed by atoms with E-state index in [0.717, 1.165) is 41.4 Å². The van der Waals surface area contributed by atoms with Gasteiger partial charge in [0.25, 0.3) is 6.01 Å². The summed E-state index contributed by atoms with van der Waals surface area (Å²) in [5.41, 5.74) is 2.40. The molecular formula is C13H15BrN4O. The molecule has 2 atom stereocenters. The Bertz CT molecular complexity index is 602. The quantitative estimate of drug-likeness (QED) is 0.805. The van der Waals surface area contributed by atoms with E-state index in [1.54, 1.807) is 0 Å². The molecule has 6 heteroatoms. The van der Waals surface area contributed by atoms with E-state index in [4.69, 9.17) is 4.42 Å². The summed E-state index contributed by atoms with van der Waals surface area (Å²) < 4.78 is 6.86. The third-order valence-electron chi connectivity index (χ3n) is 4.09. The van der Waals surface area contributed by atoms with Gasteiger partial charge in [-0.1, -0.05) is 0 Å². The summed E-state index contributed by atoms with van der Waals surface area (Å²) in [5, 5.41) is 0. The first-order chi connectivity index (χ1) is 9.20. The second-order valence-corrected chi connectivity index (χ2v) is 6.16. The third kappa shape index (κ3) is 1.85. The number of hydrogen-bond acceptors (Lipinski definition) is 5. The molecule has 0 spiro atoms. The molecule has 0 radical (unpaired) electrons. The fourth-order valence-corrected chi connectivity index (χ4v) is 3.29. The van der Waals surface area contributed by atoms with Crippen LogP contribution in [-0.2, 0) is 0 Å². The number of anilines is 1. The van der Waals surface area contributed by atoms with Gasteiger partial charge in [0.15, 0.2) is 5.58 Å². The lowest BCUT2D eigenvalue weighted by molar-refractivity contribution is 0.304. The maximum atomic E-state index is 5.90. The van der Waals surface area contributed by atoms with Crippen molar-refractivity contribution in [3.8, 4) is 0 Å². The first kappa shape index (κ1) is 11.7. The molecule has 4 heterocycles. The lowest BCUT2D eigenvalue weighted by atomic mass is 10.2. The number of fused-ring (bicyclic) bond motifs is 3. The summed E-state index contributed by atoms with van der Waals surface area (Å²) in [7, 11) is 0. The van der Waals surface area contributed by atoms with Crippen LogP contribution in [0.2, 0.25) is 0 Å². The maximum Gasteiger partial charge on any atom is 0.300 e. The number of nitrogens with zero attached hydrogens (tertiary/aromatic N) is 4. The van der Waals surface area contributed by atoms with Crippen molar-refractivity contribution in [3.63, 3.8) is 0 Å². The molecule has 2 aromatic rings. The van der Waals surface area contributed by atoms with Crippen molar-refractivity contribution in [3.05, 3.63) is 16.2 Å². The van der Waals surface area contributed by atoms with Crippen molar-refractivity contribution >= 4 is 33.2 Å². The highest BCUT2D eigenvalue weighted by molar-refractivity contribution is 9.10. The Balaban J connectivity index is 1.75. The van der Waals surface area contributed by atoms with Gasteiger partial charge in [-0.3, -0.25) is 4.90 Å². The molecular weight excluding hydrogens is 308 g/mol. The molecule has 5 nitrogen and oxygen atoms in total. The smallest absolute Gasteiger partial charge is 0.300 e. The van der Waals surface area contributed by atoms with Crippen molar-refractivity contribution in [2.45, 2.75) is 19.4 Å². The first-order valence-corrected chi connectivity index (χ1v) is 7.43. The molecule has 2 aliphatic rings. The van der Waals surface area contributed by atoms with Gasteiger partial charge in [0, 0.05) is 42.8 Å². The van der Waals surface area contributed by atoms with E-state index < -0.39 is 0 Å². The standard InChI is InChI=1S/C13H15BrN4O/c1-8-10(14)6-11-12(15-8)16-13(19-11)18-5-4-17-3-2-9(18)7-17/h6,9H,2-5,7H2,1H3. The van der Waals surface area contributed by atoms with Crippen LogP contribution in [0.1, 0.15) is 12.1 Å². The number of piperazine rings is 1. The van der Waals surface area contributed by atoms with Crippen LogP contribution in [0.4, 0.5) is 6.01 Å². The van der Waals surface area contributed by atoms with E-state index in [1.807, 2.05) is 13.0 Å². The van der Waals surface area contributed by atoms with Crippen molar-refractivity contribution in [1.29, 1.82) is 0 Å².